The summed E-state index contributed by atoms with van der Waals surface area (Å²) in [6, 6.07) is 0. The third-order valence-corrected chi connectivity index (χ3v) is 2.71. The molecule has 0 aromatic rings. The van der Waals surface area contributed by atoms with Crippen molar-refractivity contribution in [1.29, 1.82) is 0 Å². The molecule has 0 unspecified atom stereocenters. The van der Waals surface area contributed by atoms with Gasteiger partial charge in [-0.3, -0.25) is 4.79 Å². The quantitative estimate of drug-likeness (QED) is 0.210. The van der Waals surface area contributed by atoms with Crippen molar-refractivity contribution in [3.8, 4) is 0 Å². The lowest BCUT2D eigenvalue weighted by Crippen LogP contribution is -2.14. The minimum Gasteiger partial charge on any atom is -0.469 e. The Morgan fingerprint density at radius 1 is 0.682 bits per heavy atom. The highest BCUT2D eigenvalue weighted by molar-refractivity contribution is 9.09. The Morgan fingerprint density at radius 2 is 1.05 bits per heavy atom. The standard InChI is InChI=1S/C14H27BrO7/c1-17-14(16)2-4-18-6-8-20-10-12-22-13-11-21-9-7-19-5-3-15/h2-13H2,1H3. The lowest BCUT2D eigenvalue weighted by molar-refractivity contribution is -0.141. The van der Waals surface area contributed by atoms with Crippen LogP contribution < -0.4 is 0 Å². The number of carbonyl (C=O) groups excluding carboxylic acids is 1. The second kappa shape index (κ2) is 18.8. The fourth-order valence-corrected chi connectivity index (χ4v) is 1.52. The van der Waals surface area contributed by atoms with E-state index in [1.807, 2.05) is 0 Å². The zero-order valence-electron chi connectivity index (χ0n) is 13.2. The average molecular weight is 387 g/mol. The van der Waals surface area contributed by atoms with E-state index in [0.29, 0.717) is 66.1 Å². The molecule has 0 atom stereocenters. The molecule has 0 aliphatic heterocycles. The Morgan fingerprint density at radius 3 is 1.41 bits per heavy atom. The maximum Gasteiger partial charge on any atom is 0.307 e. The molecule has 7 nitrogen and oxygen atoms in total. The molecule has 0 radical (unpaired) electrons. The molecule has 0 saturated heterocycles. The lowest BCUT2D eigenvalue weighted by atomic mass is 10.5. The van der Waals surface area contributed by atoms with Crippen molar-refractivity contribution in [2.24, 2.45) is 0 Å². The summed E-state index contributed by atoms with van der Waals surface area (Å²) in [7, 11) is 1.36. The van der Waals surface area contributed by atoms with Crippen LogP contribution in [0.1, 0.15) is 6.42 Å². The molecule has 132 valence electrons. The number of hydrogen-bond acceptors (Lipinski definition) is 7. The van der Waals surface area contributed by atoms with E-state index in [9.17, 15) is 4.79 Å². The third-order valence-electron chi connectivity index (χ3n) is 2.39. The molecule has 8 heteroatoms. The zero-order chi connectivity index (χ0) is 16.3. The zero-order valence-corrected chi connectivity index (χ0v) is 14.8. The summed E-state index contributed by atoms with van der Waals surface area (Å²) in [6.45, 7) is 5.28. The third kappa shape index (κ3) is 17.8. The van der Waals surface area contributed by atoms with E-state index in [4.69, 9.17) is 23.7 Å². The summed E-state index contributed by atoms with van der Waals surface area (Å²) in [5, 5.41) is 0.840. The fourth-order valence-electron chi connectivity index (χ4n) is 1.29. The summed E-state index contributed by atoms with van der Waals surface area (Å²) in [4.78, 5) is 10.8. The van der Waals surface area contributed by atoms with Crippen molar-refractivity contribution < 1.29 is 33.2 Å². The monoisotopic (exact) mass is 386 g/mol. The highest BCUT2D eigenvalue weighted by Gasteiger charge is 1.99. The number of ether oxygens (including phenoxy) is 6. The van der Waals surface area contributed by atoms with Crippen LogP contribution in [0, 0.1) is 0 Å². The van der Waals surface area contributed by atoms with E-state index in [0.717, 1.165) is 5.33 Å². The number of hydrogen-bond donors (Lipinski definition) is 0. The van der Waals surface area contributed by atoms with Crippen LogP contribution in [0.15, 0.2) is 0 Å². The maximum absolute atomic E-state index is 10.8. The van der Waals surface area contributed by atoms with Gasteiger partial charge < -0.3 is 28.4 Å². The van der Waals surface area contributed by atoms with Gasteiger partial charge in [0.15, 0.2) is 0 Å². The first-order valence-corrected chi connectivity index (χ1v) is 8.45. The smallest absolute Gasteiger partial charge is 0.307 e. The first-order valence-electron chi connectivity index (χ1n) is 7.32. The summed E-state index contributed by atoms with van der Waals surface area (Å²) in [5.41, 5.74) is 0. The van der Waals surface area contributed by atoms with E-state index in [1.165, 1.54) is 7.11 Å². The van der Waals surface area contributed by atoms with E-state index < -0.39 is 0 Å². The summed E-state index contributed by atoms with van der Waals surface area (Å²) < 4.78 is 30.9. The van der Waals surface area contributed by atoms with Crippen LogP contribution >= 0.6 is 15.9 Å². The normalized spacial score (nSPS) is 10.8. The molecule has 22 heavy (non-hydrogen) atoms. The summed E-state index contributed by atoms with van der Waals surface area (Å²) in [6.07, 6.45) is 0.265. The highest BCUT2D eigenvalue weighted by atomic mass is 79.9. The van der Waals surface area contributed by atoms with Crippen molar-refractivity contribution in [3.05, 3.63) is 0 Å². The minimum absolute atomic E-state index is 0.265. The highest BCUT2D eigenvalue weighted by Crippen LogP contribution is 1.87. The van der Waals surface area contributed by atoms with E-state index in [1.54, 1.807) is 0 Å². The first kappa shape index (κ1) is 21.8. The Labute approximate surface area is 140 Å². The van der Waals surface area contributed by atoms with Gasteiger partial charge in [-0.25, -0.2) is 0 Å². The van der Waals surface area contributed by atoms with Crippen LogP contribution in [-0.2, 0) is 33.2 Å². The Hall–Kier alpha value is -0.250. The van der Waals surface area contributed by atoms with Gasteiger partial charge in [0.2, 0.25) is 0 Å². The van der Waals surface area contributed by atoms with Gasteiger partial charge in [-0.1, -0.05) is 15.9 Å². The molecule has 0 saturated carbocycles. The van der Waals surface area contributed by atoms with Crippen molar-refractivity contribution >= 4 is 21.9 Å². The SMILES string of the molecule is COC(=O)CCOCCOCCOCCOCCOCCBr. The molecular weight excluding hydrogens is 360 g/mol. The number of esters is 1. The predicted octanol–water partition coefficient (Wildman–Crippen LogP) is 1.03. The van der Waals surface area contributed by atoms with Gasteiger partial charge in [0.05, 0.1) is 79.6 Å². The fraction of sp³-hybridized carbons (Fsp3) is 0.929. The Bertz CT molecular complexity index is 241. The first-order chi connectivity index (χ1) is 10.8. The minimum atomic E-state index is -0.272. The molecule has 0 bridgehead atoms. The molecule has 0 aliphatic rings. The summed E-state index contributed by atoms with van der Waals surface area (Å²) >= 11 is 3.28. The van der Waals surface area contributed by atoms with E-state index >= 15 is 0 Å². The molecule has 0 heterocycles. The van der Waals surface area contributed by atoms with Gasteiger partial charge in [0.1, 0.15) is 0 Å². The topological polar surface area (TPSA) is 72.5 Å². The van der Waals surface area contributed by atoms with E-state index in [2.05, 4.69) is 20.7 Å². The van der Waals surface area contributed by atoms with Crippen molar-refractivity contribution in [3.63, 3.8) is 0 Å². The van der Waals surface area contributed by atoms with Crippen LogP contribution in [-0.4, -0.2) is 84.5 Å². The van der Waals surface area contributed by atoms with Gasteiger partial charge in [-0.05, 0) is 0 Å². The molecule has 0 rings (SSSR count). The van der Waals surface area contributed by atoms with Crippen molar-refractivity contribution in [1.82, 2.24) is 0 Å². The summed E-state index contributed by atoms with van der Waals surface area (Å²) in [5.74, 6) is -0.272. The molecule has 0 N–H and O–H groups in total. The largest absolute Gasteiger partial charge is 0.469 e. The maximum atomic E-state index is 10.8. The van der Waals surface area contributed by atoms with Gasteiger partial charge in [-0.15, -0.1) is 0 Å². The van der Waals surface area contributed by atoms with E-state index in [-0.39, 0.29) is 12.4 Å². The van der Waals surface area contributed by atoms with Crippen LogP contribution in [0.3, 0.4) is 0 Å². The van der Waals surface area contributed by atoms with Gasteiger partial charge >= 0.3 is 5.97 Å². The van der Waals surface area contributed by atoms with Gasteiger partial charge in [0, 0.05) is 5.33 Å². The molecular formula is C14H27BrO7. The van der Waals surface area contributed by atoms with Crippen LogP contribution in [0.4, 0.5) is 0 Å². The van der Waals surface area contributed by atoms with Gasteiger partial charge in [0.25, 0.3) is 0 Å². The molecule has 0 aromatic carbocycles. The van der Waals surface area contributed by atoms with Crippen molar-refractivity contribution in [2.75, 3.05) is 78.5 Å². The van der Waals surface area contributed by atoms with Crippen LogP contribution in [0.5, 0.6) is 0 Å². The number of methoxy groups -OCH3 is 1. The lowest BCUT2D eigenvalue weighted by Gasteiger charge is -2.07. The average Bonchev–Trinajstić information content (AvgIpc) is 2.54. The Kier molecular flexibility index (Phi) is 18.6. The number of alkyl halides is 1. The molecule has 0 aliphatic carbocycles. The van der Waals surface area contributed by atoms with Crippen LogP contribution in [0.2, 0.25) is 0 Å². The number of carbonyl (C=O) groups is 1. The molecule has 0 amide bonds. The predicted molar refractivity (Wildman–Crippen MR) is 84.5 cm³/mol. The second-order valence-electron chi connectivity index (χ2n) is 4.08. The Balaban J connectivity index is 2.98. The number of halogens is 1. The molecule has 0 aromatic heterocycles. The molecule has 0 fully saturated rings. The second-order valence-corrected chi connectivity index (χ2v) is 4.87. The van der Waals surface area contributed by atoms with Gasteiger partial charge in [-0.2, -0.15) is 0 Å². The van der Waals surface area contributed by atoms with Crippen molar-refractivity contribution in [2.45, 2.75) is 6.42 Å². The molecule has 0 spiro atoms. The van der Waals surface area contributed by atoms with Crippen LogP contribution in [0.25, 0.3) is 0 Å². The number of rotatable bonds is 17.